The molecular weight excluding hydrogens is 188 g/mol. The molecule has 1 heterocycles. The molecule has 1 saturated carbocycles. The van der Waals surface area contributed by atoms with Crippen LogP contribution in [0.25, 0.3) is 0 Å². The summed E-state index contributed by atoms with van der Waals surface area (Å²) < 4.78 is 0. The van der Waals surface area contributed by atoms with Gasteiger partial charge in [0.25, 0.3) is 0 Å². The van der Waals surface area contributed by atoms with E-state index in [4.69, 9.17) is 0 Å². The fourth-order valence-corrected chi connectivity index (χ4v) is 2.06. The van der Waals surface area contributed by atoms with E-state index in [1.807, 2.05) is 6.92 Å². The van der Waals surface area contributed by atoms with Crippen molar-refractivity contribution in [3.63, 3.8) is 0 Å². The predicted molar refractivity (Wildman–Crippen MR) is 60.5 cm³/mol. The molecule has 0 radical (unpaired) electrons. The van der Waals surface area contributed by atoms with Crippen molar-refractivity contribution in [1.29, 1.82) is 0 Å². The fraction of sp³-hybridized carbons (Fsp3) is 0.750. The Morgan fingerprint density at radius 3 is 2.53 bits per heavy atom. The third-order valence-electron chi connectivity index (χ3n) is 3.78. The van der Waals surface area contributed by atoms with Gasteiger partial charge in [-0.3, -0.25) is 4.79 Å². The summed E-state index contributed by atoms with van der Waals surface area (Å²) in [5, 5.41) is 6.20. The van der Waals surface area contributed by atoms with Gasteiger partial charge in [-0.15, -0.1) is 0 Å². The first-order valence-corrected chi connectivity index (χ1v) is 5.78. The maximum atomic E-state index is 11.8. The number of carbonyl (C=O) groups is 1. The lowest BCUT2D eigenvalue weighted by molar-refractivity contribution is -0.118. The molecule has 0 aromatic rings. The summed E-state index contributed by atoms with van der Waals surface area (Å²) in [5.74, 6) is 0.125. The number of hydrogen-bond acceptors (Lipinski definition) is 2. The van der Waals surface area contributed by atoms with Gasteiger partial charge in [-0.05, 0) is 30.8 Å². The second kappa shape index (κ2) is 3.97. The molecule has 0 unspecified atom stereocenters. The van der Waals surface area contributed by atoms with E-state index in [0.29, 0.717) is 5.41 Å². The number of carbonyl (C=O) groups excluding carboxylic acids is 1. The van der Waals surface area contributed by atoms with Crippen LogP contribution in [0.15, 0.2) is 11.1 Å². The highest BCUT2D eigenvalue weighted by Crippen LogP contribution is 2.39. The van der Waals surface area contributed by atoms with Crippen LogP contribution in [0.4, 0.5) is 0 Å². The maximum absolute atomic E-state index is 11.8. The molecule has 1 aliphatic carbocycles. The number of rotatable bonds is 3. The van der Waals surface area contributed by atoms with E-state index in [9.17, 15) is 4.79 Å². The van der Waals surface area contributed by atoms with Crippen molar-refractivity contribution in [2.45, 2.75) is 33.1 Å². The molecule has 1 amide bonds. The Labute approximate surface area is 91.3 Å². The van der Waals surface area contributed by atoms with E-state index < -0.39 is 0 Å². The lowest BCUT2D eigenvalue weighted by atomic mass is 9.70. The summed E-state index contributed by atoms with van der Waals surface area (Å²) in [6, 6.07) is 0. The molecule has 0 spiro atoms. The van der Waals surface area contributed by atoms with E-state index in [1.165, 1.54) is 24.8 Å². The zero-order valence-electron chi connectivity index (χ0n) is 9.65. The minimum Gasteiger partial charge on any atom is -0.352 e. The smallest absolute Gasteiger partial charge is 0.246 e. The Morgan fingerprint density at radius 2 is 2.13 bits per heavy atom. The lowest BCUT2D eigenvalue weighted by Gasteiger charge is -2.38. The van der Waals surface area contributed by atoms with Crippen LogP contribution in [-0.2, 0) is 4.79 Å². The summed E-state index contributed by atoms with van der Waals surface area (Å²) in [7, 11) is 0. The molecule has 2 rings (SSSR count). The third-order valence-corrected chi connectivity index (χ3v) is 3.78. The zero-order valence-corrected chi connectivity index (χ0v) is 9.65. The van der Waals surface area contributed by atoms with Gasteiger partial charge in [0, 0.05) is 25.2 Å². The summed E-state index contributed by atoms with van der Waals surface area (Å²) >= 11 is 0. The van der Waals surface area contributed by atoms with Gasteiger partial charge in [0.15, 0.2) is 0 Å². The van der Waals surface area contributed by atoms with Gasteiger partial charge < -0.3 is 10.6 Å². The molecule has 1 aliphatic heterocycles. The highest BCUT2D eigenvalue weighted by Gasteiger charge is 2.32. The van der Waals surface area contributed by atoms with Crippen molar-refractivity contribution in [3.8, 4) is 0 Å². The largest absolute Gasteiger partial charge is 0.352 e. The van der Waals surface area contributed by atoms with Gasteiger partial charge in [-0.1, -0.05) is 13.3 Å². The highest BCUT2D eigenvalue weighted by atomic mass is 16.1. The van der Waals surface area contributed by atoms with Crippen LogP contribution in [-0.4, -0.2) is 25.5 Å². The van der Waals surface area contributed by atoms with Crippen LogP contribution < -0.4 is 10.6 Å². The molecule has 2 fully saturated rings. The summed E-state index contributed by atoms with van der Waals surface area (Å²) in [5.41, 5.74) is 2.54. The number of amides is 1. The first kappa shape index (κ1) is 10.7. The molecule has 2 N–H and O–H groups in total. The molecule has 0 bridgehead atoms. The van der Waals surface area contributed by atoms with E-state index >= 15 is 0 Å². The van der Waals surface area contributed by atoms with Gasteiger partial charge >= 0.3 is 0 Å². The molecule has 84 valence electrons. The number of hydrogen-bond donors (Lipinski definition) is 2. The third kappa shape index (κ3) is 2.23. The predicted octanol–water partition coefficient (Wildman–Crippen LogP) is 1.21. The lowest BCUT2D eigenvalue weighted by Crippen LogP contribution is -2.42. The Balaban J connectivity index is 1.81. The standard InChI is InChI=1S/C12H20N2O/c1-9(10-6-13-7-10)11(15)14-8-12(2)4-3-5-12/h13H,3-8H2,1-2H3,(H,14,15). The minimum absolute atomic E-state index is 0.125. The molecule has 0 aromatic carbocycles. The molecular formula is C12H20N2O. The van der Waals surface area contributed by atoms with Gasteiger partial charge in [-0.25, -0.2) is 0 Å². The summed E-state index contributed by atoms with van der Waals surface area (Å²) in [6.07, 6.45) is 3.82. The van der Waals surface area contributed by atoms with Crippen molar-refractivity contribution < 1.29 is 4.79 Å². The summed E-state index contributed by atoms with van der Waals surface area (Å²) in [6.45, 7) is 6.79. The average Bonchev–Trinajstić information content (AvgIpc) is 2.08. The van der Waals surface area contributed by atoms with Crippen LogP contribution >= 0.6 is 0 Å². The maximum Gasteiger partial charge on any atom is 0.246 e. The second-order valence-electron chi connectivity index (χ2n) is 5.18. The Kier molecular flexibility index (Phi) is 2.83. The van der Waals surface area contributed by atoms with E-state index in [-0.39, 0.29) is 5.91 Å². The quantitative estimate of drug-likeness (QED) is 0.685. The molecule has 2 aliphatic rings. The summed E-state index contributed by atoms with van der Waals surface area (Å²) in [4.78, 5) is 11.8. The van der Waals surface area contributed by atoms with Crippen LogP contribution in [0.2, 0.25) is 0 Å². The first-order chi connectivity index (χ1) is 7.11. The Hall–Kier alpha value is -0.830. The van der Waals surface area contributed by atoms with Crippen molar-refractivity contribution >= 4 is 5.91 Å². The van der Waals surface area contributed by atoms with Crippen molar-refractivity contribution in [3.05, 3.63) is 11.1 Å². The fourth-order valence-electron chi connectivity index (χ4n) is 2.06. The molecule has 0 atom stereocenters. The molecule has 3 nitrogen and oxygen atoms in total. The van der Waals surface area contributed by atoms with Gasteiger partial charge in [-0.2, -0.15) is 0 Å². The van der Waals surface area contributed by atoms with E-state index in [2.05, 4.69) is 17.6 Å². The molecule has 3 heteroatoms. The van der Waals surface area contributed by atoms with Gasteiger partial charge in [0.1, 0.15) is 0 Å². The van der Waals surface area contributed by atoms with E-state index in [1.54, 1.807) is 0 Å². The minimum atomic E-state index is 0.125. The van der Waals surface area contributed by atoms with Crippen LogP contribution in [0.3, 0.4) is 0 Å². The zero-order chi connectivity index (χ0) is 10.9. The molecule has 0 aromatic heterocycles. The average molecular weight is 208 g/mol. The number of nitrogens with one attached hydrogen (secondary N) is 2. The monoisotopic (exact) mass is 208 g/mol. The van der Waals surface area contributed by atoms with Crippen LogP contribution in [0.5, 0.6) is 0 Å². The Morgan fingerprint density at radius 1 is 1.47 bits per heavy atom. The van der Waals surface area contributed by atoms with Gasteiger partial charge in [0.05, 0.1) is 0 Å². The normalized spacial score (nSPS) is 22.7. The van der Waals surface area contributed by atoms with Crippen molar-refractivity contribution in [2.75, 3.05) is 19.6 Å². The first-order valence-electron chi connectivity index (χ1n) is 5.78. The second-order valence-corrected chi connectivity index (χ2v) is 5.18. The Bertz CT molecular complexity index is 297. The van der Waals surface area contributed by atoms with Crippen LogP contribution in [0.1, 0.15) is 33.1 Å². The molecule has 15 heavy (non-hydrogen) atoms. The van der Waals surface area contributed by atoms with Gasteiger partial charge in [0.2, 0.25) is 5.91 Å². The van der Waals surface area contributed by atoms with Crippen molar-refractivity contribution in [2.24, 2.45) is 5.41 Å². The topological polar surface area (TPSA) is 41.1 Å². The van der Waals surface area contributed by atoms with Crippen molar-refractivity contribution in [1.82, 2.24) is 10.6 Å². The SMILES string of the molecule is CC(C(=O)NCC1(C)CCC1)=C1CNC1. The van der Waals surface area contributed by atoms with E-state index in [0.717, 1.165) is 25.2 Å². The molecule has 1 saturated heterocycles. The van der Waals surface area contributed by atoms with Crippen LogP contribution in [0, 0.1) is 5.41 Å². The highest BCUT2D eigenvalue weighted by molar-refractivity contribution is 5.94.